The van der Waals surface area contributed by atoms with Crippen molar-refractivity contribution in [2.24, 2.45) is 5.73 Å². The minimum atomic E-state index is -4.55. The molecular weight excluding hydrogens is 451 g/mol. The summed E-state index contributed by atoms with van der Waals surface area (Å²) in [5, 5.41) is 4.62. The summed E-state index contributed by atoms with van der Waals surface area (Å²) in [5.74, 6) is -0.500. The number of ether oxygens (including phenoxy) is 1. The highest BCUT2D eigenvalue weighted by molar-refractivity contribution is 6.32. The monoisotopic (exact) mass is 465 g/mol. The van der Waals surface area contributed by atoms with E-state index < -0.39 is 18.2 Å². The number of benzene rings is 1. The predicted molar refractivity (Wildman–Crippen MR) is 109 cm³/mol. The number of nitrogens with two attached hydrogens (primary N) is 1. The van der Waals surface area contributed by atoms with Crippen molar-refractivity contribution in [2.45, 2.75) is 25.7 Å². The molecule has 3 heterocycles. The van der Waals surface area contributed by atoms with Crippen LogP contribution < -0.4 is 10.5 Å². The average molecular weight is 466 g/mol. The van der Waals surface area contributed by atoms with Crippen LogP contribution >= 0.6 is 11.6 Å². The topological polar surface area (TPSA) is 109 Å². The highest BCUT2D eigenvalue weighted by Gasteiger charge is 2.38. The molecule has 0 saturated carbocycles. The number of hydrogen-bond acceptors (Lipinski definition) is 6. The van der Waals surface area contributed by atoms with Crippen LogP contribution in [-0.2, 0) is 11.3 Å². The molecule has 1 amide bonds. The maximum Gasteiger partial charge on any atom is 0.425 e. The smallest absolute Gasteiger partial charge is 0.425 e. The Balaban J connectivity index is 1.63. The summed E-state index contributed by atoms with van der Waals surface area (Å²) >= 11 is 6.03. The molecule has 1 unspecified atom stereocenters. The van der Waals surface area contributed by atoms with Crippen molar-refractivity contribution >= 4 is 28.4 Å². The van der Waals surface area contributed by atoms with Gasteiger partial charge in [-0.05, 0) is 25.1 Å². The van der Waals surface area contributed by atoms with Crippen LogP contribution in [-0.4, -0.2) is 37.9 Å². The number of carbonyl (C=O) groups excluding carboxylic acids is 1. The fourth-order valence-corrected chi connectivity index (χ4v) is 3.25. The highest BCUT2D eigenvalue weighted by atomic mass is 35.5. The lowest BCUT2D eigenvalue weighted by molar-refractivity contribution is -0.189. The number of pyridine rings is 1. The Labute approximate surface area is 183 Å². The summed E-state index contributed by atoms with van der Waals surface area (Å²) < 4.78 is 49.9. The van der Waals surface area contributed by atoms with Gasteiger partial charge in [0.1, 0.15) is 11.6 Å². The Morgan fingerprint density at radius 3 is 2.81 bits per heavy atom. The second kappa shape index (κ2) is 8.15. The molecule has 0 fully saturated rings. The number of fused-ring (bicyclic) bond motifs is 1. The van der Waals surface area contributed by atoms with Gasteiger partial charge < -0.3 is 19.6 Å². The van der Waals surface area contributed by atoms with Gasteiger partial charge in [-0.2, -0.15) is 18.2 Å². The minimum Gasteiger partial charge on any atom is -0.464 e. The minimum absolute atomic E-state index is 0.0238. The maximum atomic E-state index is 12.7. The van der Waals surface area contributed by atoms with Crippen LogP contribution in [0.2, 0.25) is 5.02 Å². The Hall–Kier alpha value is -3.60. The number of aromatic nitrogens is 4. The molecular formula is C20H15ClF3N5O3. The first-order valence-corrected chi connectivity index (χ1v) is 9.61. The van der Waals surface area contributed by atoms with E-state index in [1.165, 1.54) is 12.3 Å². The van der Waals surface area contributed by atoms with Gasteiger partial charge in [0.2, 0.25) is 17.6 Å². The number of alkyl halides is 3. The molecule has 0 saturated heterocycles. The Kier molecular flexibility index (Phi) is 5.51. The molecule has 0 radical (unpaired) electrons. The normalized spacial score (nSPS) is 12.8. The van der Waals surface area contributed by atoms with E-state index in [1.54, 1.807) is 29.0 Å². The molecule has 1 aromatic carbocycles. The number of rotatable bonds is 6. The van der Waals surface area contributed by atoms with Crippen molar-refractivity contribution in [3.63, 3.8) is 0 Å². The molecule has 4 aromatic rings. The molecule has 12 heteroatoms. The summed E-state index contributed by atoms with van der Waals surface area (Å²) in [6, 6.07) is 8.52. The molecule has 0 aliphatic carbocycles. The van der Waals surface area contributed by atoms with Crippen molar-refractivity contribution < 1.29 is 27.2 Å². The molecule has 166 valence electrons. The molecule has 0 spiro atoms. The molecule has 2 N–H and O–H groups in total. The van der Waals surface area contributed by atoms with Crippen LogP contribution in [0.3, 0.4) is 0 Å². The Bertz CT molecular complexity index is 1300. The summed E-state index contributed by atoms with van der Waals surface area (Å²) in [6.45, 7) is 0.878. The summed E-state index contributed by atoms with van der Waals surface area (Å²) in [6.07, 6.45) is -3.67. The second-order valence-corrected chi connectivity index (χ2v) is 7.29. The Morgan fingerprint density at radius 1 is 1.34 bits per heavy atom. The molecule has 4 rings (SSSR count). The zero-order chi connectivity index (χ0) is 23.0. The van der Waals surface area contributed by atoms with Gasteiger partial charge in [0.05, 0.1) is 5.56 Å². The molecule has 0 aliphatic rings. The van der Waals surface area contributed by atoms with Gasteiger partial charge >= 0.3 is 6.18 Å². The molecule has 32 heavy (non-hydrogen) atoms. The van der Waals surface area contributed by atoms with Gasteiger partial charge in [0.15, 0.2) is 6.10 Å². The second-order valence-electron chi connectivity index (χ2n) is 6.88. The van der Waals surface area contributed by atoms with Crippen molar-refractivity contribution in [1.82, 2.24) is 19.7 Å². The van der Waals surface area contributed by atoms with Gasteiger partial charge in [0.25, 0.3) is 5.89 Å². The molecule has 0 bridgehead atoms. The maximum absolute atomic E-state index is 12.7. The van der Waals surface area contributed by atoms with E-state index >= 15 is 0 Å². The predicted octanol–water partition coefficient (Wildman–Crippen LogP) is 4.22. The van der Waals surface area contributed by atoms with Gasteiger partial charge in [-0.1, -0.05) is 28.9 Å². The van der Waals surface area contributed by atoms with Crippen LogP contribution in [0.5, 0.6) is 5.88 Å². The van der Waals surface area contributed by atoms with E-state index in [-0.39, 0.29) is 29.2 Å². The number of primary amides is 1. The lowest BCUT2D eigenvalue weighted by Gasteiger charge is -2.17. The fraction of sp³-hybridized carbons (Fsp3) is 0.200. The molecule has 3 aromatic heterocycles. The quantitative estimate of drug-likeness (QED) is 0.456. The van der Waals surface area contributed by atoms with Crippen LogP contribution in [0.1, 0.15) is 6.92 Å². The van der Waals surface area contributed by atoms with Gasteiger partial charge in [-0.15, -0.1) is 0 Å². The van der Waals surface area contributed by atoms with E-state index in [2.05, 4.69) is 15.1 Å². The van der Waals surface area contributed by atoms with Crippen LogP contribution in [0, 0.1) is 0 Å². The Morgan fingerprint density at radius 2 is 2.12 bits per heavy atom. The van der Waals surface area contributed by atoms with E-state index in [0.717, 1.165) is 17.8 Å². The summed E-state index contributed by atoms with van der Waals surface area (Å²) in [5.41, 5.74) is 7.00. The van der Waals surface area contributed by atoms with E-state index in [4.69, 9.17) is 26.6 Å². The third-order valence-electron chi connectivity index (χ3n) is 4.61. The van der Waals surface area contributed by atoms with Crippen LogP contribution in [0.25, 0.3) is 33.7 Å². The largest absolute Gasteiger partial charge is 0.464 e. The van der Waals surface area contributed by atoms with Gasteiger partial charge in [0, 0.05) is 28.9 Å². The first-order chi connectivity index (χ1) is 15.1. The lowest BCUT2D eigenvalue weighted by Crippen LogP contribution is -2.31. The molecule has 8 nitrogen and oxygen atoms in total. The first-order valence-electron chi connectivity index (χ1n) is 9.23. The first kappa shape index (κ1) is 21.6. The highest BCUT2D eigenvalue weighted by Crippen LogP contribution is 2.33. The van der Waals surface area contributed by atoms with Crippen molar-refractivity contribution in [3.05, 3.63) is 47.7 Å². The number of carbonyl (C=O) groups is 1. The van der Waals surface area contributed by atoms with E-state index in [0.29, 0.717) is 11.1 Å². The fourth-order valence-electron chi connectivity index (χ4n) is 3.04. The average Bonchev–Trinajstić information content (AvgIpc) is 3.36. The van der Waals surface area contributed by atoms with Crippen molar-refractivity contribution in [1.29, 1.82) is 0 Å². The number of halogens is 4. The number of nitrogens with zero attached hydrogens (tertiary/aromatic N) is 4. The van der Waals surface area contributed by atoms with Gasteiger partial charge in [-0.3, -0.25) is 4.79 Å². The zero-order valence-electron chi connectivity index (χ0n) is 16.4. The SMILES string of the molecule is CC(Oc1ncc(-c2nc(-c3cccc4c3ccn4CC(N)=O)no2)cc1Cl)C(F)(F)F. The third kappa shape index (κ3) is 4.24. The van der Waals surface area contributed by atoms with Crippen molar-refractivity contribution in [3.8, 4) is 28.7 Å². The van der Waals surface area contributed by atoms with Crippen LogP contribution in [0.4, 0.5) is 13.2 Å². The molecule has 0 aliphatic heterocycles. The molecule has 1 atom stereocenters. The summed E-state index contributed by atoms with van der Waals surface area (Å²) in [7, 11) is 0. The lowest BCUT2D eigenvalue weighted by atomic mass is 10.1. The third-order valence-corrected chi connectivity index (χ3v) is 4.88. The number of amides is 1. The van der Waals surface area contributed by atoms with Gasteiger partial charge in [-0.25, -0.2) is 4.98 Å². The summed E-state index contributed by atoms with van der Waals surface area (Å²) in [4.78, 5) is 19.5. The van der Waals surface area contributed by atoms with Crippen LogP contribution in [0.15, 0.2) is 47.2 Å². The standard InChI is InChI=1S/C20H15ClF3N5O3/c1-10(20(22,23)24)31-19-14(21)7-11(8-26-19)18-27-17(28-32-18)13-3-2-4-15-12(13)5-6-29(15)9-16(25)30/h2-8,10H,9H2,1H3,(H2,25,30). The van der Waals surface area contributed by atoms with E-state index in [9.17, 15) is 18.0 Å². The van der Waals surface area contributed by atoms with E-state index in [1.807, 2.05) is 6.07 Å². The number of hydrogen-bond donors (Lipinski definition) is 1. The van der Waals surface area contributed by atoms with Crippen molar-refractivity contribution in [2.75, 3.05) is 0 Å². The zero-order valence-corrected chi connectivity index (χ0v) is 17.2.